The number of aromatic amines is 2. The average Bonchev–Trinajstić information content (AvgIpc) is 4.47. The van der Waals surface area contributed by atoms with Crippen LogP contribution in [0.3, 0.4) is 0 Å². The van der Waals surface area contributed by atoms with E-state index in [2.05, 4.69) is 66.0 Å². The fraction of sp³-hybridized carbons (Fsp3) is 0.0755. The molecule has 12 rings (SSSR count). The van der Waals surface area contributed by atoms with Crippen LogP contribution >= 0.6 is 34.8 Å². The van der Waals surface area contributed by atoms with Crippen molar-refractivity contribution in [1.29, 1.82) is 0 Å². The first-order valence-electron chi connectivity index (χ1n) is 24.0. The SMILES string of the molecule is CC(=O)Nc1cnc(-c2cc(-c3ccon3)n(Cc3cccc(F)c3F)n2)nc1N.O=c1[nH]c(-c2cc(-c3ccon3)n(Cc3cccc(Cl)c3F)n2)ncc1Cl.O=c1ccnc(-c2cc(-c3ccon3)n(Cc3cccc(Cl)c3F)n2)[nH]1. The molecule has 12 aromatic rings. The molecule has 0 aliphatic carbocycles. The van der Waals surface area contributed by atoms with Crippen LogP contribution in [0.25, 0.3) is 68.7 Å². The molecule has 5 N–H and O–H groups in total. The summed E-state index contributed by atoms with van der Waals surface area (Å²) in [5, 5.41) is 27.5. The highest BCUT2D eigenvalue weighted by Crippen LogP contribution is 2.30. The molecule has 0 saturated carbocycles. The lowest BCUT2D eigenvalue weighted by Crippen LogP contribution is -2.10. The van der Waals surface area contributed by atoms with Gasteiger partial charge in [-0.05, 0) is 36.4 Å². The van der Waals surface area contributed by atoms with Gasteiger partial charge in [0.15, 0.2) is 34.9 Å². The van der Waals surface area contributed by atoms with E-state index in [9.17, 15) is 31.9 Å². The zero-order chi connectivity index (χ0) is 58.3. The molecule has 0 atom stereocenters. The Bertz CT molecular complexity index is 4400. The van der Waals surface area contributed by atoms with E-state index in [4.69, 9.17) is 54.1 Å². The smallest absolute Gasteiger partial charge is 0.269 e. The third-order valence-corrected chi connectivity index (χ3v) is 12.6. The molecule has 0 aliphatic heterocycles. The van der Waals surface area contributed by atoms with Crippen LogP contribution in [0.15, 0.2) is 158 Å². The van der Waals surface area contributed by atoms with Crippen molar-refractivity contribution in [3.63, 3.8) is 0 Å². The van der Waals surface area contributed by atoms with Crippen molar-refractivity contribution < 1.29 is 35.9 Å². The number of amides is 1. The van der Waals surface area contributed by atoms with Crippen LogP contribution in [0.1, 0.15) is 23.6 Å². The maximum Gasteiger partial charge on any atom is 0.269 e. The third kappa shape index (κ3) is 12.8. The van der Waals surface area contributed by atoms with E-state index < -0.39 is 28.8 Å². The number of nitrogen functional groups attached to an aromatic ring is 1. The highest BCUT2D eigenvalue weighted by molar-refractivity contribution is 6.31. The molecule has 0 fully saturated rings. The molecule has 30 heteroatoms. The molecule has 9 heterocycles. The molecule has 0 spiro atoms. The second kappa shape index (κ2) is 24.5. The molecule has 0 radical (unpaired) electrons. The number of nitrogens with one attached hydrogen (secondary N) is 3. The summed E-state index contributed by atoms with van der Waals surface area (Å²) in [6, 6.07) is 24.6. The number of nitrogens with two attached hydrogens (primary N) is 1. The van der Waals surface area contributed by atoms with Gasteiger partial charge >= 0.3 is 0 Å². The van der Waals surface area contributed by atoms with Crippen LogP contribution in [-0.4, -0.2) is 80.6 Å². The standard InChI is InChI=1S/C19H15F2N7O2.C17H10Cl2FN5O2.C17H11ClFN5O2/c1-10(29)24-15-8-23-19(25-18(15)22)14-7-16(13-5-6-30-27-13)28(26-14)9-11-3-2-4-12(20)17(11)21;18-10-3-1-2-9(15(10)20)8-25-14(12-4-5-27-24-12)6-13(23-25)16-21-7-11(19)17(26)22-16;18-11-3-1-2-10(16(11)19)9-24-14(12-5-7-26-23-12)8-13(22-24)17-20-6-4-15(25)21-17/h2-8H,9H2,1H3,(H,24,29)(H2,22,23,25);1-7H,8H2,(H,21,22,26);1-8H,9H2,(H,20,21,25). The van der Waals surface area contributed by atoms with Crippen molar-refractivity contribution in [2.45, 2.75) is 26.6 Å². The highest BCUT2D eigenvalue weighted by Gasteiger charge is 2.22. The lowest BCUT2D eigenvalue weighted by molar-refractivity contribution is -0.114. The van der Waals surface area contributed by atoms with E-state index in [1.807, 2.05) is 0 Å². The summed E-state index contributed by atoms with van der Waals surface area (Å²) in [5.41, 5.74) is 10.4. The first kappa shape index (κ1) is 55.9. The Hall–Kier alpha value is -10.4. The Balaban J connectivity index is 0.000000139. The number of aromatic nitrogens is 15. The predicted octanol–water partition coefficient (Wildman–Crippen LogP) is 9.77. The average molecular weight is 1190 g/mol. The number of H-pyrrole nitrogens is 2. The van der Waals surface area contributed by atoms with E-state index in [0.717, 1.165) is 6.07 Å². The largest absolute Gasteiger partial charge is 0.382 e. The van der Waals surface area contributed by atoms with Gasteiger partial charge in [-0.1, -0.05) is 86.7 Å². The van der Waals surface area contributed by atoms with Gasteiger partial charge in [0.25, 0.3) is 11.1 Å². The topological polar surface area (TPSA) is 304 Å². The van der Waals surface area contributed by atoms with Crippen molar-refractivity contribution in [2.75, 3.05) is 11.1 Å². The molecule has 83 heavy (non-hydrogen) atoms. The lowest BCUT2D eigenvalue weighted by atomic mass is 10.2. The maximum absolute atomic E-state index is 14.3. The van der Waals surface area contributed by atoms with Crippen LogP contribution < -0.4 is 22.2 Å². The quantitative estimate of drug-likeness (QED) is 0.0780. The van der Waals surface area contributed by atoms with Gasteiger partial charge < -0.3 is 34.6 Å². The number of carbonyl (C=O) groups is 1. The number of carbonyl (C=O) groups excluding carboxylic acids is 1. The van der Waals surface area contributed by atoms with Crippen LogP contribution in [0.4, 0.5) is 29.1 Å². The summed E-state index contributed by atoms with van der Waals surface area (Å²) in [6.45, 7) is 1.48. The van der Waals surface area contributed by atoms with Crippen molar-refractivity contribution in [1.82, 2.24) is 74.7 Å². The molecule has 9 aromatic heterocycles. The molecule has 23 nitrogen and oxygen atoms in total. The molecule has 3 aromatic carbocycles. The summed E-state index contributed by atoms with van der Waals surface area (Å²) >= 11 is 17.4. The summed E-state index contributed by atoms with van der Waals surface area (Å²) in [7, 11) is 0. The number of nitrogens with zero attached hydrogens (tertiary/aromatic N) is 13. The first-order chi connectivity index (χ1) is 40.1. The zero-order valence-electron chi connectivity index (χ0n) is 42.3. The number of hydrogen-bond acceptors (Lipinski definition) is 17. The lowest BCUT2D eigenvalue weighted by Gasteiger charge is -2.07. The summed E-state index contributed by atoms with van der Waals surface area (Å²) in [4.78, 5) is 56.2. The fourth-order valence-electron chi connectivity index (χ4n) is 7.92. The second-order valence-electron chi connectivity index (χ2n) is 17.4. The molecule has 0 aliphatic rings. The number of anilines is 2. The van der Waals surface area contributed by atoms with Gasteiger partial charge in [0.1, 0.15) is 75.3 Å². The Morgan fingerprint density at radius 3 is 1.53 bits per heavy atom. The van der Waals surface area contributed by atoms with Gasteiger partial charge in [0.2, 0.25) is 5.91 Å². The van der Waals surface area contributed by atoms with E-state index in [1.165, 1.54) is 84.0 Å². The second-order valence-corrected chi connectivity index (χ2v) is 18.6. The molecule has 0 bridgehead atoms. The summed E-state index contributed by atoms with van der Waals surface area (Å²) < 4.78 is 75.5. The number of benzene rings is 3. The fourth-order valence-corrected chi connectivity index (χ4v) is 8.40. The van der Waals surface area contributed by atoms with E-state index >= 15 is 0 Å². The first-order valence-corrected chi connectivity index (χ1v) is 25.2. The van der Waals surface area contributed by atoms with Crippen molar-refractivity contribution in [3.8, 4) is 68.7 Å². The Morgan fingerprint density at radius 2 is 1.06 bits per heavy atom. The number of hydrogen-bond donors (Lipinski definition) is 4. The van der Waals surface area contributed by atoms with Crippen LogP contribution in [0.2, 0.25) is 15.1 Å². The van der Waals surface area contributed by atoms with Crippen LogP contribution in [0, 0.1) is 23.3 Å². The third-order valence-electron chi connectivity index (χ3n) is 11.8. The van der Waals surface area contributed by atoms with E-state index in [1.54, 1.807) is 65.3 Å². The minimum Gasteiger partial charge on any atom is -0.382 e. The van der Waals surface area contributed by atoms with Gasteiger partial charge in [0.05, 0.1) is 59.2 Å². The molecular formula is C53H36Cl3F4N17O6. The van der Waals surface area contributed by atoms with Gasteiger partial charge in [-0.2, -0.15) is 15.3 Å². The zero-order valence-corrected chi connectivity index (χ0v) is 44.6. The molecule has 0 saturated heterocycles. The Kier molecular flexibility index (Phi) is 16.5. The minimum atomic E-state index is -0.958. The Labute approximate surface area is 477 Å². The number of rotatable bonds is 13. The van der Waals surface area contributed by atoms with Crippen molar-refractivity contribution in [3.05, 3.63) is 210 Å². The monoisotopic (exact) mass is 1190 g/mol. The van der Waals surface area contributed by atoms with Crippen LogP contribution in [0.5, 0.6) is 0 Å². The van der Waals surface area contributed by atoms with Gasteiger partial charge in [-0.15, -0.1) is 0 Å². The highest BCUT2D eigenvalue weighted by atomic mass is 35.5. The minimum absolute atomic E-state index is 0.0200. The number of halogens is 7. The summed E-state index contributed by atoms with van der Waals surface area (Å²) in [6.07, 6.45) is 8.20. The van der Waals surface area contributed by atoms with Crippen molar-refractivity contribution >= 4 is 52.2 Å². The molecule has 0 unspecified atom stereocenters. The Morgan fingerprint density at radius 1 is 0.578 bits per heavy atom. The van der Waals surface area contributed by atoms with E-state index in [-0.39, 0.29) is 74.9 Å². The van der Waals surface area contributed by atoms with Crippen LogP contribution in [-0.2, 0) is 24.4 Å². The summed E-state index contributed by atoms with van der Waals surface area (Å²) in [5.74, 6) is -2.49. The molecular weight excluding hydrogens is 1150 g/mol. The molecule has 1 amide bonds. The maximum atomic E-state index is 14.3. The van der Waals surface area contributed by atoms with Gasteiger partial charge in [-0.25, -0.2) is 37.5 Å². The van der Waals surface area contributed by atoms with E-state index in [0.29, 0.717) is 68.2 Å². The normalized spacial score (nSPS) is 11.0. The predicted molar refractivity (Wildman–Crippen MR) is 292 cm³/mol. The van der Waals surface area contributed by atoms with Gasteiger partial charge in [-0.3, -0.25) is 28.4 Å². The van der Waals surface area contributed by atoms with Gasteiger partial charge in [0, 0.05) is 54.1 Å². The van der Waals surface area contributed by atoms with Crippen molar-refractivity contribution in [2.24, 2.45) is 0 Å². The molecule has 418 valence electrons.